The maximum atomic E-state index is 12.4. The molecule has 2 aromatic rings. The first kappa shape index (κ1) is 19.1. The van der Waals surface area contributed by atoms with Crippen LogP contribution in [0.3, 0.4) is 0 Å². The summed E-state index contributed by atoms with van der Waals surface area (Å²) in [6, 6.07) is 5.75. The summed E-state index contributed by atoms with van der Waals surface area (Å²) in [6.45, 7) is 7.52. The van der Waals surface area contributed by atoms with Crippen LogP contribution >= 0.6 is 0 Å². The predicted octanol–water partition coefficient (Wildman–Crippen LogP) is 1.80. The molecule has 0 spiro atoms. The van der Waals surface area contributed by atoms with Crippen LogP contribution in [0.4, 0.5) is 0 Å². The number of pyridine rings is 1. The fourth-order valence-corrected chi connectivity index (χ4v) is 3.65. The quantitative estimate of drug-likeness (QED) is 0.872. The lowest BCUT2D eigenvalue weighted by Gasteiger charge is -2.30. The van der Waals surface area contributed by atoms with E-state index in [-0.39, 0.29) is 17.7 Å². The number of aromatic nitrogens is 3. The smallest absolute Gasteiger partial charge is 0.223 e. The zero-order valence-electron chi connectivity index (χ0n) is 16.2. The maximum absolute atomic E-state index is 12.4. The van der Waals surface area contributed by atoms with Crippen LogP contribution < -0.4 is 5.32 Å². The van der Waals surface area contributed by atoms with Gasteiger partial charge in [0.05, 0.1) is 5.69 Å². The lowest BCUT2D eigenvalue weighted by molar-refractivity contribution is -0.133. The Bertz CT molecular complexity index is 807. The average Bonchev–Trinajstić information content (AvgIpc) is 2.97. The molecule has 0 bridgehead atoms. The number of aryl methyl sites for hydroxylation is 1. The Hall–Kier alpha value is -2.70. The number of carbonyl (C=O) groups excluding carboxylic acids is 2. The summed E-state index contributed by atoms with van der Waals surface area (Å²) >= 11 is 0. The van der Waals surface area contributed by atoms with Gasteiger partial charge in [-0.1, -0.05) is 6.07 Å². The molecule has 7 nitrogen and oxygen atoms in total. The molecule has 2 amide bonds. The molecule has 27 heavy (non-hydrogen) atoms. The van der Waals surface area contributed by atoms with Crippen molar-refractivity contribution in [1.29, 1.82) is 0 Å². The number of likely N-dealkylation sites (tertiary alicyclic amines) is 1. The van der Waals surface area contributed by atoms with Gasteiger partial charge in [0, 0.05) is 44.4 Å². The van der Waals surface area contributed by atoms with Gasteiger partial charge in [-0.3, -0.25) is 9.59 Å². The maximum Gasteiger partial charge on any atom is 0.223 e. The SMILES string of the molecule is CC(=O)N1CCC(C(=O)NCCc2c(C)nn(-c3ccccn3)c2C)CC1. The summed E-state index contributed by atoms with van der Waals surface area (Å²) in [4.78, 5) is 30.0. The minimum absolute atomic E-state index is 0.000893. The predicted molar refractivity (Wildman–Crippen MR) is 103 cm³/mol. The molecule has 3 heterocycles. The third kappa shape index (κ3) is 4.35. The molecule has 144 valence electrons. The zero-order valence-corrected chi connectivity index (χ0v) is 16.2. The number of amides is 2. The number of rotatable bonds is 5. The van der Waals surface area contributed by atoms with Gasteiger partial charge < -0.3 is 10.2 Å². The zero-order chi connectivity index (χ0) is 19.4. The monoisotopic (exact) mass is 369 g/mol. The molecule has 0 radical (unpaired) electrons. The number of hydrogen-bond acceptors (Lipinski definition) is 4. The highest BCUT2D eigenvalue weighted by Gasteiger charge is 2.25. The summed E-state index contributed by atoms with van der Waals surface area (Å²) in [5, 5.41) is 7.65. The highest BCUT2D eigenvalue weighted by molar-refractivity contribution is 5.79. The second-order valence-electron chi connectivity index (χ2n) is 7.07. The van der Waals surface area contributed by atoms with Crippen molar-refractivity contribution in [2.24, 2.45) is 5.92 Å². The molecule has 0 aliphatic carbocycles. The molecule has 1 N–H and O–H groups in total. The van der Waals surface area contributed by atoms with Gasteiger partial charge in [0.1, 0.15) is 0 Å². The fraction of sp³-hybridized carbons (Fsp3) is 0.500. The van der Waals surface area contributed by atoms with E-state index in [4.69, 9.17) is 0 Å². The Kier molecular flexibility index (Phi) is 5.88. The van der Waals surface area contributed by atoms with Crippen molar-refractivity contribution in [3.05, 3.63) is 41.3 Å². The van der Waals surface area contributed by atoms with Crippen LogP contribution in [0.25, 0.3) is 5.82 Å². The van der Waals surface area contributed by atoms with E-state index in [1.54, 1.807) is 13.1 Å². The Morgan fingerprint density at radius 3 is 2.59 bits per heavy atom. The first-order chi connectivity index (χ1) is 13.0. The summed E-state index contributed by atoms with van der Waals surface area (Å²) in [7, 11) is 0. The largest absolute Gasteiger partial charge is 0.356 e. The van der Waals surface area contributed by atoms with Crippen molar-refractivity contribution in [2.45, 2.75) is 40.0 Å². The van der Waals surface area contributed by atoms with Crippen LogP contribution in [0, 0.1) is 19.8 Å². The van der Waals surface area contributed by atoms with E-state index in [2.05, 4.69) is 15.4 Å². The third-order valence-corrected chi connectivity index (χ3v) is 5.29. The van der Waals surface area contributed by atoms with Crippen LogP contribution in [0.5, 0.6) is 0 Å². The van der Waals surface area contributed by atoms with Gasteiger partial charge >= 0.3 is 0 Å². The van der Waals surface area contributed by atoms with Crippen LogP contribution in [-0.2, 0) is 16.0 Å². The van der Waals surface area contributed by atoms with E-state index < -0.39 is 0 Å². The highest BCUT2D eigenvalue weighted by atomic mass is 16.2. The minimum atomic E-state index is -0.000893. The van der Waals surface area contributed by atoms with Crippen molar-refractivity contribution in [2.75, 3.05) is 19.6 Å². The number of nitrogens with one attached hydrogen (secondary N) is 1. The topological polar surface area (TPSA) is 80.1 Å². The van der Waals surface area contributed by atoms with Crippen molar-refractivity contribution >= 4 is 11.8 Å². The van der Waals surface area contributed by atoms with Crippen molar-refractivity contribution in [1.82, 2.24) is 25.0 Å². The van der Waals surface area contributed by atoms with E-state index in [0.29, 0.717) is 19.6 Å². The molecular formula is C20H27N5O2. The third-order valence-electron chi connectivity index (χ3n) is 5.29. The molecular weight excluding hydrogens is 342 g/mol. The molecule has 1 fully saturated rings. The van der Waals surface area contributed by atoms with Gasteiger partial charge in [-0.15, -0.1) is 0 Å². The molecule has 3 rings (SSSR count). The first-order valence-electron chi connectivity index (χ1n) is 9.47. The molecule has 0 atom stereocenters. The summed E-state index contributed by atoms with van der Waals surface area (Å²) in [6.07, 6.45) is 3.97. The number of hydrogen-bond donors (Lipinski definition) is 1. The number of carbonyl (C=O) groups is 2. The van der Waals surface area contributed by atoms with E-state index in [1.807, 2.05) is 41.6 Å². The molecule has 1 aliphatic heterocycles. The molecule has 2 aromatic heterocycles. The second-order valence-corrected chi connectivity index (χ2v) is 7.07. The van der Waals surface area contributed by atoms with E-state index in [0.717, 1.165) is 42.0 Å². The number of nitrogens with zero attached hydrogens (tertiary/aromatic N) is 4. The van der Waals surface area contributed by atoms with E-state index in [9.17, 15) is 9.59 Å². The van der Waals surface area contributed by atoms with Gasteiger partial charge in [0.2, 0.25) is 11.8 Å². The Morgan fingerprint density at radius 2 is 1.96 bits per heavy atom. The van der Waals surface area contributed by atoms with Crippen LogP contribution in [0.15, 0.2) is 24.4 Å². The van der Waals surface area contributed by atoms with Gasteiger partial charge in [-0.2, -0.15) is 5.10 Å². The van der Waals surface area contributed by atoms with Crippen LogP contribution in [0.2, 0.25) is 0 Å². The second kappa shape index (κ2) is 8.33. The average molecular weight is 369 g/mol. The molecule has 0 saturated carbocycles. The summed E-state index contributed by atoms with van der Waals surface area (Å²) in [5.74, 6) is 0.972. The molecule has 1 aliphatic rings. The number of piperidine rings is 1. The lowest BCUT2D eigenvalue weighted by Crippen LogP contribution is -2.42. The van der Waals surface area contributed by atoms with Crippen molar-refractivity contribution in [3.8, 4) is 5.82 Å². The molecule has 0 unspecified atom stereocenters. The highest BCUT2D eigenvalue weighted by Crippen LogP contribution is 2.19. The van der Waals surface area contributed by atoms with E-state index >= 15 is 0 Å². The Balaban J connectivity index is 1.54. The van der Waals surface area contributed by atoms with Crippen molar-refractivity contribution in [3.63, 3.8) is 0 Å². The van der Waals surface area contributed by atoms with Gasteiger partial charge in [0.15, 0.2) is 5.82 Å². The van der Waals surface area contributed by atoms with Gasteiger partial charge in [-0.05, 0) is 50.8 Å². The van der Waals surface area contributed by atoms with Crippen LogP contribution in [-0.4, -0.2) is 51.1 Å². The molecule has 0 aromatic carbocycles. The van der Waals surface area contributed by atoms with Crippen molar-refractivity contribution < 1.29 is 9.59 Å². The standard InChI is InChI=1S/C20H27N5O2/c1-14-18(15(2)25(23-14)19-6-4-5-10-21-19)7-11-22-20(27)17-8-12-24(13-9-17)16(3)26/h4-6,10,17H,7-9,11-13H2,1-3H3,(H,22,27). The summed E-state index contributed by atoms with van der Waals surface area (Å²) < 4.78 is 1.85. The first-order valence-corrected chi connectivity index (χ1v) is 9.47. The summed E-state index contributed by atoms with van der Waals surface area (Å²) in [5.41, 5.74) is 3.16. The fourth-order valence-electron chi connectivity index (χ4n) is 3.65. The van der Waals surface area contributed by atoms with Gasteiger partial charge in [-0.25, -0.2) is 9.67 Å². The Labute approximate surface area is 159 Å². The van der Waals surface area contributed by atoms with Gasteiger partial charge in [0.25, 0.3) is 0 Å². The van der Waals surface area contributed by atoms with Crippen LogP contribution in [0.1, 0.15) is 36.7 Å². The lowest BCUT2D eigenvalue weighted by atomic mass is 9.96. The minimum Gasteiger partial charge on any atom is -0.356 e. The Morgan fingerprint density at radius 1 is 1.22 bits per heavy atom. The molecule has 7 heteroatoms. The van der Waals surface area contributed by atoms with E-state index in [1.165, 1.54) is 0 Å². The molecule has 1 saturated heterocycles. The normalized spacial score (nSPS) is 15.0.